The van der Waals surface area contributed by atoms with Gasteiger partial charge < -0.3 is 14.8 Å². The van der Waals surface area contributed by atoms with Gasteiger partial charge in [0.1, 0.15) is 6.04 Å². The second-order valence-corrected chi connectivity index (χ2v) is 4.48. The van der Waals surface area contributed by atoms with Gasteiger partial charge in [-0.25, -0.2) is 4.79 Å². The highest BCUT2D eigenvalue weighted by molar-refractivity contribution is 9.09. The Morgan fingerprint density at radius 3 is 2.55 bits per heavy atom. The fourth-order valence-corrected chi connectivity index (χ4v) is 1.90. The Morgan fingerprint density at radius 2 is 2.05 bits per heavy atom. The highest BCUT2D eigenvalue weighted by atomic mass is 79.9. The van der Waals surface area contributed by atoms with Gasteiger partial charge in [0.15, 0.2) is 0 Å². The van der Waals surface area contributed by atoms with Gasteiger partial charge in [-0.1, -0.05) is 27.6 Å². The third kappa shape index (κ3) is 8.68. The van der Waals surface area contributed by atoms with Gasteiger partial charge in [0.25, 0.3) is 0 Å². The molecule has 0 aliphatic carbocycles. The van der Waals surface area contributed by atoms with Crippen molar-refractivity contribution in [2.75, 3.05) is 18.5 Å². The van der Waals surface area contributed by atoms with Crippen LogP contribution in [0, 0.1) is 0 Å². The number of hydrogen-bond donors (Lipinski definition) is 1. The molecule has 114 valence electrons. The monoisotopic (exact) mass is 349 g/mol. The van der Waals surface area contributed by atoms with Gasteiger partial charge in [0, 0.05) is 12.3 Å². The summed E-state index contributed by atoms with van der Waals surface area (Å²) in [6, 6.07) is -0.797. The van der Waals surface area contributed by atoms with Crippen molar-refractivity contribution in [3.63, 3.8) is 0 Å². The number of carbonyl (C=O) groups excluding carboxylic acids is 3. The van der Waals surface area contributed by atoms with Crippen LogP contribution in [-0.4, -0.2) is 42.9 Å². The lowest BCUT2D eigenvalue weighted by Gasteiger charge is -2.13. The molecule has 0 saturated heterocycles. The van der Waals surface area contributed by atoms with E-state index in [1.807, 2.05) is 0 Å². The SMILES string of the molecule is CCOC(=O)C(C=C(CBr)CCCOC(C)=O)NC=O. The van der Waals surface area contributed by atoms with Gasteiger partial charge in [-0.05, 0) is 19.8 Å². The maximum atomic E-state index is 11.6. The van der Waals surface area contributed by atoms with Crippen LogP contribution in [0.5, 0.6) is 0 Å². The fourth-order valence-electron chi connectivity index (χ4n) is 1.44. The number of hydrogen-bond acceptors (Lipinski definition) is 5. The minimum atomic E-state index is -0.797. The number of amides is 1. The summed E-state index contributed by atoms with van der Waals surface area (Å²) in [5.74, 6) is -0.820. The Morgan fingerprint density at radius 1 is 1.35 bits per heavy atom. The first-order valence-corrected chi connectivity index (χ1v) is 7.42. The van der Waals surface area contributed by atoms with Gasteiger partial charge >= 0.3 is 11.9 Å². The first kappa shape index (κ1) is 18.6. The molecular formula is C13H20BrNO5. The molecule has 0 aromatic heterocycles. The zero-order valence-electron chi connectivity index (χ0n) is 11.7. The average molecular weight is 350 g/mol. The molecule has 0 aromatic rings. The van der Waals surface area contributed by atoms with Crippen molar-refractivity contribution < 1.29 is 23.9 Å². The normalized spacial score (nSPS) is 12.4. The molecule has 0 spiro atoms. The van der Waals surface area contributed by atoms with Crippen molar-refractivity contribution >= 4 is 34.3 Å². The van der Waals surface area contributed by atoms with Crippen molar-refractivity contribution in [2.45, 2.75) is 32.7 Å². The van der Waals surface area contributed by atoms with Crippen LogP contribution in [0.25, 0.3) is 0 Å². The lowest BCUT2D eigenvalue weighted by molar-refractivity contribution is -0.145. The van der Waals surface area contributed by atoms with Gasteiger partial charge in [-0.15, -0.1) is 0 Å². The Hall–Kier alpha value is -1.37. The van der Waals surface area contributed by atoms with Gasteiger partial charge in [-0.2, -0.15) is 0 Å². The zero-order chi connectivity index (χ0) is 15.4. The van der Waals surface area contributed by atoms with E-state index >= 15 is 0 Å². The fraction of sp³-hybridized carbons (Fsp3) is 0.615. The summed E-state index contributed by atoms with van der Waals surface area (Å²) in [6.07, 6.45) is 3.40. The van der Waals surface area contributed by atoms with E-state index in [2.05, 4.69) is 21.2 Å². The first-order chi connectivity index (χ1) is 9.54. The van der Waals surface area contributed by atoms with Crippen LogP contribution >= 0.6 is 15.9 Å². The number of allylic oxidation sites excluding steroid dienone is 1. The van der Waals surface area contributed by atoms with Gasteiger partial charge in [0.05, 0.1) is 13.2 Å². The molecule has 7 heteroatoms. The van der Waals surface area contributed by atoms with Crippen LogP contribution < -0.4 is 5.32 Å². The van der Waals surface area contributed by atoms with Gasteiger partial charge in [0.2, 0.25) is 6.41 Å². The number of rotatable bonds is 10. The lowest BCUT2D eigenvalue weighted by atomic mass is 10.1. The van der Waals surface area contributed by atoms with Crippen LogP contribution in [0.2, 0.25) is 0 Å². The summed E-state index contributed by atoms with van der Waals surface area (Å²) in [5, 5.41) is 2.96. The number of alkyl halides is 1. The molecule has 0 aliphatic heterocycles. The molecule has 0 aliphatic rings. The third-order valence-corrected chi connectivity index (χ3v) is 3.03. The van der Waals surface area contributed by atoms with E-state index in [0.717, 1.165) is 5.57 Å². The number of esters is 2. The van der Waals surface area contributed by atoms with Crippen LogP contribution in [0.4, 0.5) is 0 Å². The minimum absolute atomic E-state index is 0.250. The Bertz CT molecular complexity index is 357. The predicted molar refractivity (Wildman–Crippen MR) is 77.4 cm³/mol. The summed E-state index contributed by atoms with van der Waals surface area (Å²) < 4.78 is 9.70. The second kappa shape index (κ2) is 11.5. The van der Waals surface area contributed by atoms with Crippen LogP contribution in [0.3, 0.4) is 0 Å². The molecule has 0 heterocycles. The Balaban J connectivity index is 4.49. The molecule has 1 N–H and O–H groups in total. The van der Waals surface area contributed by atoms with Crippen molar-refractivity contribution in [3.8, 4) is 0 Å². The van der Waals surface area contributed by atoms with Crippen LogP contribution in [0.1, 0.15) is 26.7 Å². The summed E-state index contributed by atoms with van der Waals surface area (Å²) in [4.78, 5) is 32.8. The van der Waals surface area contributed by atoms with E-state index in [-0.39, 0.29) is 12.6 Å². The van der Waals surface area contributed by atoms with Crippen molar-refractivity contribution in [1.29, 1.82) is 0 Å². The maximum Gasteiger partial charge on any atom is 0.332 e. The van der Waals surface area contributed by atoms with E-state index in [4.69, 9.17) is 9.47 Å². The molecule has 1 amide bonds. The molecular weight excluding hydrogens is 330 g/mol. The largest absolute Gasteiger partial charge is 0.466 e. The lowest BCUT2D eigenvalue weighted by Crippen LogP contribution is -2.36. The topological polar surface area (TPSA) is 81.7 Å². The summed E-state index contributed by atoms with van der Waals surface area (Å²) in [7, 11) is 0. The first-order valence-electron chi connectivity index (χ1n) is 6.30. The Labute approximate surface area is 127 Å². The minimum Gasteiger partial charge on any atom is -0.466 e. The average Bonchev–Trinajstić information content (AvgIpc) is 2.41. The van der Waals surface area contributed by atoms with Crippen molar-refractivity contribution in [2.24, 2.45) is 0 Å². The van der Waals surface area contributed by atoms with E-state index in [9.17, 15) is 14.4 Å². The van der Waals surface area contributed by atoms with E-state index in [1.165, 1.54) is 6.92 Å². The number of nitrogens with one attached hydrogen (secondary N) is 1. The zero-order valence-corrected chi connectivity index (χ0v) is 13.3. The van der Waals surface area contributed by atoms with Crippen molar-refractivity contribution in [1.82, 2.24) is 5.32 Å². The number of ether oxygens (including phenoxy) is 2. The van der Waals surface area contributed by atoms with E-state index in [0.29, 0.717) is 31.2 Å². The third-order valence-electron chi connectivity index (χ3n) is 2.31. The van der Waals surface area contributed by atoms with Gasteiger partial charge in [-0.3, -0.25) is 9.59 Å². The Kier molecular flexibility index (Phi) is 10.7. The quantitative estimate of drug-likeness (QED) is 0.211. The molecule has 0 fully saturated rings. The van der Waals surface area contributed by atoms with Crippen LogP contribution in [-0.2, 0) is 23.9 Å². The molecule has 6 nitrogen and oxygen atoms in total. The summed E-state index contributed by atoms with van der Waals surface area (Å²) in [6.45, 7) is 3.63. The van der Waals surface area contributed by atoms with E-state index < -0.39 is 12.0 Å². The molecule has 0 rings (SSSR count). The molecule has 1 unspecified atom stereocenters. The highest BCUT2D eigenvalue weighted by Crippen LogP contribution is 2.10. The smallest absolute Gasteiger partial charge is 0.332 e. The predicted octanol–water partition coefficient (Wildman–Crippen LogP) is 1.33. The summed E-state index contributed by atoms with van der Waals surface area (Å²) in [5.41, 5.74) is 0.921. The molecule has 0 saturated carbocycles. The van der Waals surface area contributed by atoms with Crippen molar-refractivity contribution in [3.05, 3.63) is 11.6 Å². The second-order valence-electron chi connectivity index (χ2n) is 3.92. The number of halogens is 1. The molecule has 1 atom stereocenters. The van der Waals surface area contributed by atoms with Crippen LogP contribution in [0.15, 0.2) is 11.6 Å². The van der Waals surface area contributed by atoms with E-state index in [1.54, 1.807) is 13.0 Å². The summed E-state index contributed by atoms with van der Waals surface area (Å²) >= 11 is 3.32. The number of carbonyl (C=O) groups is 3. The molecule has 0 radical (unpaired) electrons. The standard InChI is InChI=1S/C13H20BrNO5/c1-3-19-13(18)12(15-9-16)7-11(8-14)5-4-6-20-10(2)17/h7,9,12H,3-6,8H2,1-2H3,(H,15,16). The molecule has 0 bridgehead atoms. The highest BCUT2D eigenvalue weighted by Gasteiger charge is 2.16. The maximum absolute atomic E-state index is 11.6. The molecule has 0 aromatic carbocycles. The molecule has 20 heavy (non-hydrogen) atoms.